The summed E-state index contributed by atoms with van der Waals surface area (Å²) < 4.78 is 30.6. The number of benzene rings is 2. The summed E-state index contributed by atoms with van der Waals surface area (Å²) in [4.78, 5) is 4.48. The molecule has 3 aromatic rings. The minimum atomic E-state index is -0.358. The predicted octanol–water partition coefficient (Wildman–Crippen LogP) is 3.61. The predicted molar refractivity (Wildman–Crippen MR) is 102 cm³/mol. The lowest BCUT2D eigenvalue weighted by Gasteiger charge is -2.24. The standard InChI is InChI=1S/C21H22FN3O3/c1-26-17-4-2-3-14(11-17)12-20-24-21(28-25-20)18-6-5-15(22)13-19(18)27-16-7-9-23-10-8-16/h2-6,11,13,16,23H,7-10,12H2,1H3. The molecule has 7 heteroatoms. The van der Waals surface area contributed by atoms with Crippen molar-refractivity contribution in [2.75, 3.05) is 20.2 Å². The van der Waals surface area contributed by atoms with Crippen LogP contribution >= 0.6 is 0 Å². The van der Waals surface area contributed by atoms with Crippen molar-refractivity contribution in [1.29, 1.82) is 0 Å². The Morgan fingerprint density at radius 3 is 2.86 bits per heavy atom. The number of piperidine rings is 1. The van der Waals surface area contributed by atoms with E-state index in [2.05, 4.69) is 15.5 Å². The monoisotopic (exact) mass is 383 g/mol. The van der Waals surface area contributed by atoms with Gasteiger partial charge in [0.1, 0.15) is 23.4 Å². The Hall–Kier alpha value is -2.93. The molecule has 2 heterocycles. The van der Waals surface area contributed by atoms with Gasteiger partial charge in [0.2, 0.25) is 0 Å². The van der Waals surface area contributed by atoms with Gasteiger partial charge in [0.05, 0.1) is 12.7 Å². The van der Waals surface area contributed by atoms with Crippen molar-refractivity contribution in [3.63, 3.8) is 0 Å². The lowest BCUT2D eigenvalue weighted by Crippen LogP contribution is -2.34. The highest BCUT2D eigenvalue weighted by Gasteiger charge is 2.20. The number of nitrogens with one attached hydrogen (secondary N) is 1. The van der Waals surface area contributed by atoms with Crippen LogP contribution in [-0.2, 0) is 6.42 Å². The number of hydrogen-bond donors (Lipinski definition) is 1. The summed E-state index contributed by atoms with van der Waals surface area (Å²) in [5.74, 6) is 1.71. The third kappa shape index (κ3) is 4.31. The molecule has 6 nitrogen and oxygen atoms in total. The molecule has 0 amide bonds. The molecule has 1 saturated heterocycles. The number of methoxy groups -OCH3 is 1. The van der Waals surface area contributed by atoms with Crippen molar-refractivity contribution >= 4 is 0 Å². The van der Waals surface area contributed by atoms with E-state index in [1.807, 2.05) is 24.3 Å². The quantitative estimate of drug-likeness (QED) is 0.701. The van der Waals surface area contributed by atoms with Crippen molar-refractivity contribution in [3.05, 3.63) is 59.7 Å². The summed E-state index contributed by atoms with van der Waals surface area (Å²) in [5.41, 5.74) is 1.61. The SMILES string of the molecule is COc1cccc(Cc2noc(-c3ccc(F)cc3OC3CCNCC3)n2)c1. The largest absolute Gasteiger partial charge is 0.497 e. The van der Waals surface area contributed by atoms with Gasteiger partial charge in [-0.25, -0.2) is 4.39 Å². The number of rotatable bonds is 6. The maximum absolute atomic E-state index is 13.8. The second-order valence-electron chi connectivity index (χ2n) is 6.75. The summed E-state index contributed by atoms with van der Waals surface area (Å²) in [7, 11) is 1.63. The molecule has 1 aliphatic rings. The van der Waals surface area contributed by atoms with Crippen LogP contribution < -0.4 is 14.8 Å². The Morgan fingerprint density at radius 1 is 1.18 bits per heavy atom. The molecule has 0 aliphatic carbocycles. The molecule has 0 atom stereocenters. The molecular weight excluding hydrogens is 361 g/mol. The molecule has 4 rings (SSSR count). The van der Waals surface area contributed by atoms with E-state index in [0.29, 0.717) is 29.4 Å². The molecule has 0 unspecified atom stereocenters. The maximum atomic E-state index is 13.8. The maximum Gasteiger partial charge on any atom is 0.261 e. The third-order valence-electron chi connectivity index (χ3n) is 4.72. The first-order valence-electron chi connectivity index (χ1n) is 9.34. The first-order chi connectivity index (χ1) is 13.7. The fourth-order valence-electron chi connectivity index (χ4n) is 3.26. The molecule has 0 bridgehead atoms. The van der Waals surface area contributed by atoms with Gasteiger partial charge in [-0.05, 0) is 55.8 Å². The number of aromatic nitrogens is 2. The van der Waals surface area contributed by atoms with Crippen LogP contribution in [0.5, 0.6) is 11.5 Å². The zero-order valence-electron chi connectivity index (χ0n) is 15.7. The van der Waals surface area contributed by atoms with Crippen LogP contribution in [0.2, 0.25) is 0 Å². The van der Waals surface area contributed by atoms with Crippen molar-refractivity contribution < 1.29 is 18.4 Å². The fraction of sp³-hybridized carbons (Fsp3) is 0.333. The van der Waals surface area contributed by atoms with E-state index in [-0.39, 0.29) is 11.9 Å². The molecule has 28 heavy (non-hydrogen) atoms. The van der Waals surface area contributed by atoms with Crippen molar-refractivity contribution in [1.82, 2.24) is 15.5 Å². The van der Waals surface area contributed by atoms with Gasteiger partial charge in [-0.1, -0.05) is 17.3 Å². The normalized spacial score (nSPS) is 14.8. The van der Waals surface area contributed by atoms with Crippen LogP contribution in [0.25, 0.3) is 11.5 Å². The van der Waals surface area contributed by atoms with Gasteiger partial charge in [-0.3, -0.25) is 0 Å². The van der Waals surface area contributed by atoms with Gasteiger partial charge in [0.15, 0.2) is 5.82 Å². The molecule has 2 aromatic carbocycles. The van der Waals surface area contributed by atoms with Crippen LogP contribution in [0.4, 0.5) is 4.39 Å². The van der Waals surface area contributed by atoms with Gasteiger partial charge in [-0.15, -0.1) is 0 Å². The Balaban J connectivity index is 1.55. The summed E-state index contributed by atoms with van der Waals surface area (Å²) in [6, 6.07) is 12.1. The minimum absolute atomic E-state index is 0.0426. The Labute approximate surface area is 162 Å². The molecule has 0 radical (unpaired) electrons. The van der Waals surface area contributed by atoms with Gasteiger partial charge in [0.25, 0.3) is 5.89 Å². The van der Waals surface area contributed by atoms with Gasteiger partial charge in [0, 0.05) is 12.5 Å². The summed E-state index contributed by atoms with van der Waals surface area (Å²) in [6.45, 7) is 1.78. The van der Waals surface area contributed by atoms with Crippen LogP contribution in [-0.4, -0.2) is 36.4 Å². The molecule has 1 N–H and O–H groups in total. The highest BCUT2D eigenvalue weighted by molar-refractivity contribution is 5.62. The van der Waals surface area contributed by atoms with Crippen LogP contribution in [0.1, 0.15) is 24.2 Å². The van der Waals surface area contributed by atoms with E-state index in [1.165, 1.54) is 12.1 Å². The van der Waals surface area contributed by atoms with Crippen molar-refractivity contribution in [3.8, 4) is 23.0 Å². The average Bonchev–Trinajstić information content (AvgIpc) is 3.17. The molecule has 1 fully saturated rings. The molecule has 146 valence electrons. The Bertz CT molecular complexity index is 938. The minimum Gasteiger partial charge on any atom is -0.497 e. The average molecular weight is 383 g/mol. The smallest absolute Gasteiger partial charge is 0.261 e. The molecular formula is C21H22FN3O3. The van der Waals surface area contributed by atoms with E-state index in [1.54, 1.807) is 13.2 Å². The third-order valence-corrected chi connectivity index (χ3v) is 4.72. The second kappa shape index (κ2) is 8.39. The van der Waals surface area contributed by atoms with Crippen LogP contribution in [0.3, 0.4) is 0 Å². The van der Waals surface area contributed by atoms with Crippen molar-refractivity contribution in [2.45, 2.75) is 25.4 Å². The summed E-state index contributed by atoms with van der Waals surface area (Å²) >= 11 is 0. The Kier molecular flexibility index (Phi) is 5.53. The zero-order valence-corrected chi connectivity index (χ0v) is 15.7. The Morgan fingerprint density at radius 2 is 2.04 bits per heavy atom. The number of halogens is 1. The molecule has 0 saturated carbocycles. The lowest BCUT2D eigenvalue weighted by atomic mass is 10.1. The number of nitrogens with zero attached hydrogens (tertiary/aromatic N) is 2. The van der Waals surface area contributed by atoms with Gasteiger partial charge in [-0.2, -0.15) is 4.98 Å². The van der Waals surface area contributed by atoms with Gasteiger partial charge < -0.3 is 19.3 Å². The van der Waals surface area contributed by atoms with Crippen molar-refractivity contribution in [2.24, 2.45) is 0 Å². The molecule has 1 aliphatic heterocycles. The van der Waals surface area contributed by atoms with Gasteiger partial charge >= 0.3 is 0 Å². The first-order valence-corrected chi connectivity index (χ1v) is 9.34. The zero-order chi connectivity index (χ0) is 19.3. The van der Waals surface area contributed by atoms with E-state index < -0.39 is 0 Å². The van der Waals surface area contributed by atoms with E-state index in [4.69, 9.17) is 14.0 Å². The number of hydrogen-bond acceptors (Lipinski definition) is 6. The highest BCUT2D eigenvalue weighted by atomic mass is 19.1. The number of ether oxygens (including phenoxy) is 2. The topological polar surface area (TPSA) is 69.4 Å². The first kappa shape index (κ1) is 18.4. The highest BCUT2D eigenvalue weighted by Crippen LogP contribution is 2.31. The second-order valence-corrected chi connectivity index (χ2v) is 6.75. The summed E-state index contributed by atoms with van der Waals surface area (Å²) in [6.07, 6.45) is 2.30. The molecule has 1 aromatic heterocycles. The molecule has 0 spiro atoms. The van der Waals surface area contributed by atoms with E-state index in [0.717, 1.165) is 37.2 Å². The van der Waals surface area contributed by atoms with E-state index in [9.17, 15) is 4.39 Å². The fourth-order valence-corrected chi connectivity index (χ4v) is 3.26. The van der Waals surface area contributed by atoms with Crippen LogP contribution in [0, 0.1) is 5.82 Å². The van der Waals surface area contributed by atoms with E-state index >= 15 is 0 Å². The summed E-state index contributed by atoms with van der Waals surface area (Å²) in [5, 5.41) is 7.36. The van der Waals surface area contributed by atoms with Crippen LogP contribution in [0.15, 0.2) is 47.0 Å². The lowest BCUT2D eigenvalue weighted by molar-refractivity contribution is 0.162.